The Hall–Kier alpha value is -4.22. The fraction of sp³-hybridized carbons (Fsp3) is 0.212. The van der Waals surface area contributed by atoms with Crippen molar-refractivity contribution in [1.29, 1.82) is 0 Å². The molecule has 4 aromatic carbocycles. The predicted molar refractivity (Wildman–Crippen MR) is 171 cm³/mol. The Labute approximate surface area is 265 Å². The van der Waals surface area contributed by atoms with Gasteiger partial charge in [0.05, 0.1) is 17.2 Å². The fourth-order valence-corrected chi connectivity index (χ4v) is 6.55. The molecule has 1 atom stereocenters. The van der Waals surface area contributed by atoms with Crippen molar-refractivity contribution >= 4 is 43.5 Å². The summed E-state index contributed by atoms with van der Waals surface area (Å²) in [6.45, 7) is 1.67. The normalized spacial score (nSPS) is 11.8. The summed E-state index contributed by atoms with van der Waals surface area (Å²) in [4.78, 5) is 28.9. The summed E-state index contributed by atoms with van der Waals surface area (Å²) in [5.74, 6) is -1.07. The van der Waals surface area contributed by atoms with E-state index in [4.69, 9.17) is 4.74 Å². The lowest BCUT2D eigenvalue weighted by molar-refractivity contribution is -0.139. The highest BCUT2D eigenvalue weighted by Crippen LogP contribution is 2.27. The van der Waals surface area contributed by atoms with Crippen molar-refractivity contribution in [3.63, 3.8) is 0 Å². The molecule has 0 spiro atoms. The van der Waals surface area contributed by atoms with Gasteiger partial charge in [-0.25, -0.2) is 12.8 Å². The van der Waals surface area contributed by atoms with E-state index in [1.807, 2.05) is 61.5 Å². The summed E-state index contributed by atoms with van der Waals surface area (Å²) in [6.07, 6.45) is 0.202. The lowest BCUT2D eigenvalue weighted by atomic mass is 10.0. The standard InChI is InChI=1S/C33H33BrFN3O5S/c1-3-43-29-16-14-28(15-17-29)38(44(41,42)30-18-12-27(35)13-19-30)23-32(39)37(22-25-10-7-11-26(34)20-25)31(33(40)36-2)21-24-8-5-4-6-9-24/h4-20,31H,3,21-23H2,1-2H3,(H,36,40). The third-order valence-corrected chi connectivity index (χ3v) is 9.16. The lowest BCUT2D eigenvalue weighted by Gasteiger charge is -2.33. The monoisotopic (exact) mass is 681 g/mol. The van der Waals surface area contributed by atoms with Gasteiger partial charge in [-0.2, -0.15) is 0 Å². The van der Waals surface area contributed by atoms with Crippen LogP contribution in [0.1, 0.15) is 18.1 Å². The van der Waals surface area contributed by atoms with E-state index in [9.17, 15) is 22.4 Å². The maximum Gasteiger partial charge on any atom is 0.264 e. The van der Waals surface area contributed by atoms with Gasteiger partial charge in [0, 0.05) is 24.5 Å². The topological polar surface area (TPSA) is 96.0 Å². The van der Waals surface area contributed by atoms with Crippen LogP contribution in [-0.2, 0) is 32.6 Å². The Morgan fingerprint density at radius 2 is 1.57 bits per heavy atom. The van der Waals surface area contributed by atoms with Crippen LogP contribution in [0.2, 0.25) is 0 Å². The number of ether oxygens (including phenoxy) is 1. The van der Waals surface area contributed by atoms with Gasteiger partial charge in [0.15, 0.2) is 0 Å². The molecule has 44 heavy (non-hydrogen) atoms. The van der Waals surface area contributed by atoms with Gasteiger partial charge in [-0.15, -0.1) is 0 Å². The van der Waals surface area contributed by atoms with Crippen LogP contribution < -0.4 is 14.4 Å². The summed E-state index contributed by atoms with van der Waals surface area (Å²) in [5, 5.41) is 2.66. The second-order valence-electron chi connectivity index (χ2n) is 9.86. The number of benzene rings is 4. The van der Waals surface area contributed by atoms with Gasteiger partial charge in [-0.1, -0.05) is 58.4 Å². The number of amides is 2. The number of halogens is 2. The molecule has 0 aliphatic rings. The molecule has 1 N–H and O–H groups in total. The summed E-state index contributed by atoms with van der Waals surface area (Å²) in [5.41, 5.74) is 1.77. The molecule has 0 heterocycles. The zero-order valence-electron chi connectivity index (χ0n) is 24.3. The summed E-state index contributed by atoms with van der Waals surface area (Å²) >= 11 is 3.46. The van der Waals surface area contributed by atoms with E-state index in [0.717, 1.165) is 44.2 Å². The molecule has 0 aliphatic carbocycles. The molecule has 4 rings (SSSR count). The third kappa shape index (κ3) is 8.23. The largest absolute Gasteiger partial charge is 0.494 e. The van der Waals surface area contributed by atoms with Gasteiger partial charge in [-0.3, -0.25) is 13.9 Å². The first kappa shape index (κ1) is 32.7. The molecule has 0 radical (unpaired) electrons. The minimum absolute atomic E-state index is 0.0386. The molecule has 0 bridgehead atoms. The summed E-state index contributed by atoms with van der Waals surface area (Å²) in [7, 11) is -2.85. The Kier molecular flexibility index (Phi) is 11.1. The van der Waals surface area contributed by atoms with Crippen molar-refractivity contribution in [2.45, 2.75) is 30.8 Å². The van der Waals surface area contributed by atoms with Crippen molar-refractivity contribution in [2.75, 3.05) is 24.5 Å². The zero-order chi connectivity index (χ0) is 31.7. The number of rotatable bonds is 13. The Bertz CT molecular complexity index is 1670. The van der Waals surface area contributed by atoms with Crippen LogP contribution in [0.4, 0.5) is 10.1 Å². The van der Waals surface area contributed by atoms with Crippen molar-refractivity contribution in [3.05, 3.63) is 125 Å². The van der Waals surface area contributed by atoms with Crippen LogP contribution in [0.5, 0.6) is 5.75 Å². The van der Waals surface area contributed by atoms with Gasteiger partial charge < -0.3 is 15.0 Å². The highest BCUT2D eigenvalue weighted by atomic mass is 79.9. The van der Waals surface area contributed by atoms with E-state index in [1.165, 1.54) is 24.1 Å². The highest BCUT2D eigenvalue weighted by Gasteiger charge is 2.34. The first-order chi connectivity index (χ1) is 21.1. The first-order valence-electron chi connectivity index (χ1n) is 13.9. The number of nitrogens with one attached hydrogen (secondary N) is 1. The number of nitrogens with zero attached hydrogens (tertiary/aromatic N) is 2. The van der Waals surface area contributed by atoms with E-state index < -0.39 is 40.2 Å². The molecule has 1 unspecified atom stereocenters. The summed E-state index contributed by atoms with van der Waals surface area (Å²) < 4.78 is 49.0. The van der Waals surface area contributed by atoms with Crippen LogP contribution >= 0.6 is 15.9 Å². The molecule has 4 aromatic rings. The average molecular weight is 683 g/mol. The van der Waals surface area contributed by atoms with Crippen LogP contribution in [-0.4, -0.2) is 51.4 Å². The Morgan fingerprint density at radius 3 is 2.18 bits per heavy atom. The van der Waals surface area contributed by atoms with Crippen molar-refractivity contribution in [3.8, 4) is 5.75 Å². The second kappa shape index (κ2) is 15.0. The fourth-order valence-electron chi connectivity index (χ4n) is 4.69. The molecule has 0 aromatic heterocycles. The number of hydrogen-bond acceptors (Lipinski definition) is 5. The molecular weight excluding hydrogens is 649 g/mol. The van der Waals surface area contributed by atoms with Crippen molar-refractivity contribution in [2.24, 2.45) is 0 Å². The van der Waals surface area contributed by atoms with E-state index in [2.05, 4.69) is 21.2 Å². The average Bonchev–Trinajstić information content (AvgIpc) is 3.02. The molecule has 11 heteroatoms. The number of likely N-dealkylation sites (N-methyl/N-ethyl adjacent to an activating group) is 1. The molecule has 0 aliphatic heterocycles. The smallest absolute Gasteiger partial charge is 0.264 e. The van der Waals surface area contributed by atoms with E-state index in [1.54, 1.807) is 12.1 Å². The van der Waals surface area contributed by atoms with Gasteiger partial charge in [0.25, 0.3) is 10.0 Å². The molecule has 230 valence electrons. The molecule has 0 saturated heterocycles. The van der Waals surface area contributed by atoms with Crippen molar-refractivity contribution in [1.82, 2.24) is 10.2 Å². The SMILES string of the molecule is CCOc1ccc(N(CC(=O)N(Cc2cccc(Br)c2)C(Cc2ccccc2)C(=O)NC)S(=O)(=O)c2ccc(F)cc2)cc1. The Morgan fingerprint density at radius 1 is 0.909 bits per heavy atom. The van der Waals surface area contributed by atoms with Gasteiger partial charge in [-0.05, 0) is 78.7 Å². The second-order valence-corrected chi connectivity index (χ2v) is 12.6. The number of carbonyl (C=O) groups is 2. The lowest BCUT2D eigenvalue weighted by Crippen LogP contribution is -2.53. The minimum atomic E-state index is -4.34. The van der Waals surface area contributed by atoms with Crippen LogP contribution in [0, 0.1) is 5.82 Å². The summed E-state index contributed by atoms with van der Waals surface area (Å²) in [6, 6.07) is 26.4. The van der Waals surface area contributed by atoms with Crippen molar-refractivity contribution < 1.29 is 27.1 Å². The molecule has 0 fully saturated rings. The molecular formula is C33H33BrFN3O5S. The van der Waals surface area contributed by atoms with Gasteiger partial charge >= 0.3 is 0 Å². The van der Waals surface area contributed by atoms with E-state index in [-0.39, 0.29) is 23.5 Å². The predicted octanol–water partition coefficient (Wildman–Crippen LogP) is 5.57. The minimum Gasteiger partial charge on any atom is -0.494 e. The Balaban J connectivity index is 1.78. The molecule has 8 nitrogen and oxygen atoms in total. The first-order valence-corrected chi connectivity index (χ1v) is 16.2. The highest BCUT2D eigenvalue weighted by molar-refractivity contribution is 9.10. The van der Waals surface area contributed by atoms with E-state index >= 15 is 0 Å². The van der Waals surface area contributed by atoms with Gasteiger partial charge in [0.1, 0.15) is 24.2 Å². The van der Waals surface area contributed by atoms with Crippen LogP contribution in [0.25, 0.3) is 0 Å². The molecule has 0 saturated carbocycles. The maximum atomic E-state index is 14.3. The quantitative estimate of drug-likeness (QED) is 0.199. The number of sulfonamides is 1. The molecule has 2 amide bonds. The number of anilines is 1. The van der Waals surface area contributed by atoms with Gasteiger partial charge in [0.2, 0.25) is 11.8 Å². The third-order valence-electron chi connectivity index (χ3n) is 6.88. The maximum absolute atomic E-state index is 14.3. The number of hydrogen-bond donors (Lipinski definition) is 1. The number of carbonyl (C=O) groups excluding carboxylic acids is 2. The van der Waals surface area contributed by atoms with Crippen LogP contribution in [0.15, 0.2) is 112 Å². The zero-order valence-corrected chi connectivity index (χ0v) is 26.7. The van der Waals surface area contributed by atoms with Crippen LogP contribution in [0.3, 0.4) is 0 Å². The van der Waals surface area contributed by atoms with E-state index in [0.29, 0.717) is 12.4 Å².